The molecule has 0 aromatic heterocycles. The zero-order chi connectivity index (χ0) is 18.4. The Bertz CT molecular complexity index is 597. The Balaban J connectivity index is 1.85. The Morgan fingerprint density at radius 2 is 2.16 bits per heavy atom. The number of hydrogen-bond donors (Lipinski definition) is 0. The van der Waals surface area contributed by atoms with Gasteiger partial charge in [-0.2, -0.15) is 0 Å². The molecule has 1 aliphatic rings. The molecule has 0 N–H and O–H groups in total. The highest BCUT2D eigenvalue weighted by Gasteiger charge is 2.32. The first-order valence-corrected chi connectivity index (χ1v) is 8.56. The predicted octanol–water partition coefficient (Wildman–Crippen LogP) is 3.61. The van der Waals surface area contributed by atoms with Gasteiger partial charge in [-0.3, -0.25) is 9.69 Å². The third-order valence-corrected chi connectivity index (χ3v) is 4.50. The number of likely N-dealkylation sites (tertiary alicyclic amines) is 1. The largest absolute Gasteiger partial charge is 0.573 e. The van der Waals surface area contributed by atoms with E-state index < -0.39 is 6.36 Å². The van der Waals surface area contributed by atoms with Crippen LogP contribution in [0.3, 0.4) is 0 Å². The van der Waals surface area contributed by atoms with Crippen molar-refractivity contribution in [3.63, 3.8) is 0 Å². The van der Waals surface area contributed by atoms with Crippen molar-refractivity contribution in [2.45, 2.75) is 19.2 Å². The van der Waals surface area contributed by atoms with Crippen LogP contribution in [-0.2, 0) is 9.53 Å². The molecular weight excluding hydrogens is 407 g/mol. The minimum atomic E-state index is -4.77. The lowest BCUT2D eigenvalue weighted by molar-refractivity contribution is -0.274. The minimum absolute atomic E-state index is 0.141. The lowest BCUT2D eigenvalue weighted by Gasteiger charge is -2.31. The van der Waals surface area contributed by atoms with Crippen LogP contribution in [0.1, 0.15) is 12.8 Å². The number of esters is 1. The number of methoxy groups -OCH3 is 1. The van der Waals surface area contributed by atoms with Gasteiger partial charge in [-0.15, -0.1) is 13.2 Å². The average Bonchev–Trinajstić information content (AvgIpc) is 2.56. The standard InChI is InChI=1S/C16H19BrF3NO4/c1-23-15(22)11-3-2-6-21(10-11)7-8-24-12-4-5-13(17)14(9-12)25-16(18,19)20/h4-5,9,11H,2-3,6-8,10H2,1H3. The Kier molecular flexibility index (Phi) is 6.95. The molecule has 1 fully saturated rings. The summed E-state index contributed by atoms with van der Waals surface area (Å²) in [6.45, 7) is 2.30. The van der Waals surface area contributed by atoms with Crippen LogP contribution in [0.2, 0.25) is 0 Å². The number of rotatable bonds is 6. The van der Waals surface area contributed by atoms with Crippen LogP contribution in [-0.4, -0.2) is 50.6 Å². The van der Waals surface area contributed by atoms with Gasteiger partial charge >= 0.3 is 12.3 Å². The maximum absolute atomic E-state index is 12.4. The van der Waals surface area contributed by atoms with Gasteiger partial charge in [-0.05, 0) is 47.4 Å². The maximum atomic E-state index is 12.4. The molecule has 0 bridgehead atoms. The summed E-state index contributed by atoms with van der Waals surface area (Å²) >= 11 is 3.01. The van der Waals surface area contributed by atoms with Crippen molar-refractivity contribution in [2.24, 2.45) is 5.92 Å². The smallest absolute Gasteiger partial charge is 0.492 e. The van der Waals surface area contributed by atoms with Crippen LogP contribution in [0.25, 0.3) is 0 Å². The van der Waals surface area contributed by atoms with Gasteiger partial charge in [0.2, 0.25) is 0 Å². The minimum Gasteiger partial charge on any atom is -0.492 e. The highest BCUT2D eigenvalue weighted by Crippen LogP contribution is 2.33. The lowest BCUT2D eigenvalue weighted by atomic mass is 9.98. The van der Waals surface area contributed by atoms with Crippen molar-refractivity contribution < 1.29 is 32.2 Å². The normalized spacial score (nSPS) is 18.7. The lowest BCUT2D eigenvalue weighted by Crippen LogP contribution is -2.41. The molecule has 0 saturated carbocycles. The molecular formula is C16H19BrF3NO4. The van der Waals surface area contributed by atoms with Crippen molar-refractivity contribution >= 4 is 21.9 Å². The number of nitrogens with zero attached hydrogens (tertiary/aromatic N) is 1. The van der Waals surface area contributed by atoms with Gasteiger partial charge in [0, 0.05) is 19.2 Å². The first-order valence-electron chi connectivity index (χ1n) is 7.77. The van der Waals surface area contributed by atoms with Crippen molar-refractivity contribution in [1.82, 2.24) is 4.90 Å². The SMILES string of the molecule is COC(=O)C1CCCN(CCOc2ccc(Br)c(OC(F)(F)F)c2)C1. The molecule has 0 radical (unpaired) electrons. The average molecular weight is 426 g/mol. The van der Waals surface area contributed by atoms with Gasteiger partial charge in [0.25, 0.3) is 0 Å². The molecule has 1 saturated heterocycles. The van der Waals surface area contributed by atoms with E-state index in [4.69, 9.17) is 9.47 Å². The first-order chi connectivity index (χ1) is 11.8. The van der Waals surface area contributed by atoms with Gasteiger partial charge < -0.3 is 14.2 Å². The van der Waals surface area contributed by atoms with Crippen LogP contribution in [0.5, 0.6) is 11.5 Å². The predicted molar refractivity (Wildman–Crippen MR) is 87.5 cm³/mol. The van der Waals surface area contributed by atoms with Crippen molar-refractivity contribution in [3.8, 4) is 11.5 Å². The Hall–Kier alpha value is -1.48. The molecule has 1 aliphatic heterocycles. The number of carbonyl (C=O) groups is 1. The maximum Gasteiger partial charge on any atom is 0.573 e. The Morgan fingerprint density at radius 1 is 1.40 bits per heavy atom. The van der Waals surface area contributed by atoms with Gasteiger partial charge in [0.1, 0.15) is 18.1 Å². The van der Waals surface area contributed by atoms with Gasteiger partial charge in [0.05, 0.1) is 17.5 Å². The number of alkyl halides is 3. The molecule has 0 aliphatic carbocycles. The van der Waals surface area contributed by atoms with Crippen LogP contribution in [0.4, 0.5) is 13.2 Å². The number of benzene rings is 1. The van der Waals surface area contributed by atoms with Crippen LogP contribution < -0.4 is 9.47 Å². The van der Waals surface area contributed by atoms with E-state index >= 15 is 0 Å². The fourth-order valence-electron chi connectivity index (χ4n) is 2.69. The van der Waals surface area contributed by atoms with E-state index in [2.05, 4.69) is 25.6 Å². The summed E-state index contributed by atoms with van der Waals surface area (Å²) in [6, 6.07) is 4.18. The molecule has 0 amide bonds. The van der Waals surface area contributed by atoms with Crippen LogP contribution in [0, 0.1) is 5.92 Å². The molecule has 1 atom stereocenters. The molecule has 25 heavy (non-hydrogen) atoms. The summed E-state index contributed by atoms with van der Waals surface area (Å²) in [5.41, 5.74) is 0. The monoisotopic (exact) mass is 425 g/mol. The molecule has 1 heterocycles. The molecule has 1 aromatic rings. The fourth-order valence-corrected chi connectivity index (χ4v) is 3.01. The van der Waals surface area contributed by atoms with Crippen molar-refractivity contribution in [1.29, 1.82) is 0 Å². The number of hydrogen-bond acceptors (Lipinski definition) is 5. The van der Waals surface area contributed by atoms with Crippen LogP contribution >= 0.6 is 15.9 Å². The van der Waals surface area contributed by atoms with Crippen molar-refractivity contribution in [2.75, 3.05) is 33.4 Å². The number of piperidine rings is 1. The van der Waals surface area contributed by atoms with E-state index in [0.29, 0.717) is 19.7 Å². The zero-order valence-corrected chi connectivity index (χ0v) is 15.2. The topological polar surface area (TPSA) is 48.0 Å². The highest BCUT2D eigenvalue weighted by molar-refractivity contribution is 9.10. The fraction of sp³-hybridized carbons (Fsp3) is 0.562. The van der Waals surface area contributed by atoms with E-state index in [0.717, 1.165) is 19.4 Å². The number of ether oxygens (including phenoxy) is 3. The zero-order valence-electron chi connectivity index (χ0n) is 13.6. The van der Waals surface area contributed by atoms with Crippen molar-refractivity contribution in [3.05, 3.63) is 22.7 Å². The van der Waals surface area contributed by atoms with E-state index in [9.17, 15) is 18.0 Å². The second kappa shape index (κ2) is 8.75. The third kappa shape index (κ3) is 6.39. The first kappa shape index (κ1) is 19.8. The second-order valence-corrected chi connectivity index (χ2v) is 6.51. The Labute approximate surface area is 152 Å². The van der Waals surface area contributed by atoms with Gasteiger partial charge in [-0.1, -0.05) is 0 Å². The Morgan fingerprint density at radius 3 is 2.84 bits per heavy atom. The summed E-state index contributed by atoms with van der Waals surface area (Å²) in [7, 11) is 1.37. The number of halogens is 4. The molecule has 0 spiro atoms. The third-order valence-electron chi connectivity index (χ3n) is 3.84. The summed E-state index contributed by atoms with van der Waals surface area (Å²) in [4.78, 5) is 13.7. The van der Waals surface area contributed by atoms with Crippen LogP contribution in [0.15, 0.2) is 22.7 Å². The summed E-state index contributed by atoms with van der Waals surface area (Å²) in [5, 5.41) is 0. The molecule has 5 nitrogen and oxygen atoms in total. The van der Waals surface area contributed by atoms with E-state index in [-0.39, 0.29) is 27.9 Å². The molecule has 140 valence electrons. The van der Waals surface area contributed by atoms with Gasteiger partial charge in [0.15, 0.2) is 0 Å². The molecule has 2 rings (SSSR count). The van der Waals surface area contributed by atoms with Gasteiger partial charge in [-0.25, -0.2) is 0 Å². The summed E-state index contributed by atoms with van der Waals surface area (Å²) in [5.74, 6) is -0.427. The summed E-state index contributed by atoms with van der Waals surface area (Å²) in [6.07, 6.45) is -3.08. The number of carbonyl (C=O) groups excluding carboxylic acids is 1. The highest BCUT2D eigenvalue weighted by atomic mass is 79.9. The van der Waals surface area contributed by atoms with E-state index in [1.807, 2.05) is 0 Å². The molecule has 1 unspecified atom stereocenters. The quantitative estimate of drug-likeness (QED) is 0.651. The summed E-state index contributed by atoms with van der Waals surface area (Å²) < 4.78 is 51.5. The molecule has 9 heteroatoms. The van der Waals surface area contributed by atoms with E-state index in [1.165, 1.54) is 19.2 Å². The molecule has 1 aromatic carbocycles. The van der Waals surface area contributed by atoms with E-state index in [1.54, 1.807) is 6.07 Å². The second-order valence-electron chi connectivity index (χ2n) is 5.65.